The van der Waals surface area contributed by atoms with E-state index in [9.17, 15) is 0 Å². The molecule has 2 N–H and O–H groups in total. The van der Waals surface area contributed by atoms with Gasteiger partial charge in [-0.25, -0.2) is 0 Å². The Hall–Kier alpha value is -2.00. The van der Waals surface area contributed by atoms with E-state index in [-0.39, 0.29) is 0 Å². The summed E-state index contributed by atoms with van der Waals surface area (Å²) < 4.78 is 5.70. The standard InChI is InChI=1S/C17H22N2O/c1-14-5-3-6-15(11-14)13-19(2)9-10-20-17-8-4-7-16(18)12-17/h3-8,11-12H,9-10,13,18H2,1-2H3. The average Bonchev–Trinajstić information content (AvgIpc) is 2.38. The number of rotatable bonds is 6. The predicted molar refractivity (Wildman–Crippen MR) is 83.9 cm³/mol. The van der Waals surface area contributed by atoms with Crippen molar-refractivity contribution in [1.82, 2.24) is 4.90 Å². The van der Waals surface area contributed by atoms with E-state index >= 15 is 0 Å². The van der Waals surface area contributed by atoms with Crippen molar-refractivity contribution >= 4 is 5.69 Å². The molecular formula is C17H22N2O. The van der Waals surface area contributed by atoms with Crippen LogP contribution in [-0.2, 0) is 6.54 Å². The molecule has 0 aliphatic rings. The fourth-order valence-electron chi connectivity index (χ4n) is 2.12. The van der Waals surface area contributed by atoms with E-state index in [2.05, 4.69) is 43.1 Å². The van der Waals surface area contributed by atoms with Crippen molar-refractivity contribution in [1.29, 1.82) is 0 Å². The van der Waals surface area contributed by atoms with E-state index < -0.39 is 0 Å². The molecule has 2 aromatic rings. The van der Waals surface area contributed by atoms with E-state index in [1.54, 1.807) is 0 Å². The van der Waals surface area contributed by atoms with Gasteiger partial charge in [-0.3, -0.25) is 4.90 Å². The van der Waals surface area contributed by atoms with Gasteiger partial charge in [0.05, 0.1) is 0 Å². The molecule has 0 fully saturated rings. The lowest BCUT2D eigenvalue weighted by Gasteiger charge is -2.17. The minimum Gasteiger partial charge on any atom is -0.492 e. The molecule has 0 amide bonds. The number of aryl methyl sites for hydroxylation is 1. The third-order valence-corrected chi connectivity index (χ3v) is 3.13. The molecular weight excluding hydrogens is 248 g/mol. The molecule has 0 aliphatic carbocycles. The molecule has 2 aromatic carbocycles. The molecule has 0 spiro atoms. The highest BCUT2D eigenvalue weighted by molar-refractivity contribution is 5.43. The molecule has 0 bridgehead atoms. The summed E-state index contributed by atoms with van der Waals surface area (Å²) in [5.41, 5.74) is 9.08. The molecule has 0 saturated carbocycles. The number of benzene rings is 2. The van der Waals surface area contributed by atoms with Gasteiger partial charge in [0.2, 0.25) is 0 Å². The third-order valence-electron chi connectivity index (χ3n) is 3.13. The van der Waals surface area contributed by atoms with Gasteiger partial charge in [0, 0.05) is 24.8 Å². The minimum absolute atomic E-state index is 0.659. The Kier molecular flexibility index (Phi) is 5.02. The lowest BCUT2D eigenvalue weighted by Crippen LogP contribution is -2.23. The molecule has 2 rings (SSSR count). The zero-order chi connectivity index (χ0) is 14.4. The summed E-state index contributed by atoms with van der Waals surface area (Å²) in [4.78, 5) is 2.25. The summed E-state index contributed by atoms with van der Waals surface area (Å²) in [6, 6.07) is 16.1. The molecule has 3 nitrogen and oxygen atoms in total. The molecule has 0 saturated heterocycles. The van der Waals surface area contributed by atoms with Crippen LogP contribution in [0.1, 0.15) is 11.1 Å². The highest BCUT2D eigenvalue weighted by atomic mass is 16.5. The maximum absolute atomic E-state index is 5.72. The molecule has 0 aliphatic heterocycles. The predicted octanol–water partition coefficient (Wildman–Crippen LogP) is 3.09. The van der Waals surface area contributed by atoms with Crippen molar-refractivity contribution in [3.63, 3.8) is 0 Å². The monoisotopic (exact) mass is 270 g/mol. The van der Waals surface area contributed by atoms with Gasteiger partial charge in [0.15, 0.2) is 0 Å². The van der Waals surface area contributed by atoms with E-state index in [0.717, 1.165) is 24.5 Å². The number of hydrogen-bond donors (Lipinski definition) is 1. The van der Waals surface area contributed by atoms with Crippen molar-refractivity contribution in [3.8, 4) is 5.75 Å². The molecule has 0 heterocycles. The second kappa shape index (κ2) is 6.96. The van der Waals surface area contributed by atoms with Gasteiger partial charge in [-0.15, -0.1) is 0 Å². The normalized spacial score (nSPS) is 10.8. The number of nitrogens with two attached hydrogens (primary N) is 1. The molecule has 3 heteroatoms. The minimum atomic E-state index is 0.659. The summed E-state index contributed by atoms with van der Waals surface area (Å²) in [7, 11) is 2.10. The van der Waals surface area contributed by atoms with Gasteiger partial charge in [0.25, 0.3) is 0 Å². The number of nitrogen functional groups attached to an aromatic ring is 1. The first kappa shape index (κ1) is 14.4. The summed E-state index contributed by atoms with van der Waals surface area (Å²) in [6.45, 7) is 4.59. The van der Waals surface area contributed by atoms with Crippen LogP contribution in [0.3, 0.4) is 0 Å². The summed E-state index contributed by atoms with van der Waals surface area (Å²) in [5, 5.41) is 0. The van der Waals surface area contributed by atoms with Crippen LogP contribution in [0.2, 0.25) is 0 Å². The summed E-state index contributed by atoms with van der Waals surface area (Å²) in [5.74, 6) is 0.828. The van der Waals surface area contributed by atoms with Crippen LogP contribution in [0, 0.1) is 6.92 Å². The van der Waals surface area contributed by atoms with Crippen LogP contribution in [0.5, 0.6) is 5.75 Å². The van der Waals surface area contributed by atoms with Crippen molar-refractivity contribution in [2.45, 2.75) is 13.5 Å². The second-order valence-electron chi connectivity index (χ2n) is 5.15. The van der Waals surface area contributed by atoms with Crippen LogP contribution >= 0.6 is 0 Å². The Labute approximate surface area is 121 Å². The van der Waals surface area contributed by atoms with Crippen LogP contribution in [0.4, 0.5) is 5.69 Å². The van der Waals surface area contributed by atoms with Crippen LogP contribution in [0.25, 0.3) is 0 Å². The zero-order valence-electron chi connectivity index (χ0n) is 12.2. The first-order valence-electron chi connectivity index (χ1n) is 6.86. The van der Waals surface area contributed by atoms with Gasteiger partial charge in [-0.1, -0.05) is 35.9 Å². The van der Waals surface area contributed by atoms with Crippen molar-refractivity contribution in [3.05, 3.63) is 59.7 Å². The third kappa shape index (κ3) is 4.59. The van der Waals surface area contributed by atoms with Crippen molar-refractivity contribution in [2.75, 3.05) is 25.9 Å². The topological polar surface area (TPSA) is 38.5 Å². The summed E-state index contributed by atoms with van der Waals surface area (Å²) >= 11 is 0. The van der Waals surface area contributed by atoms with Gasteiger partial charge in [-0.2, -0.15) is 0 Å². The van der Waals surface area contributed by atoms with E-state index in [0.29, 0.717) is 6.61 Å². The molecule has 0 radical (unpaired) electrons. The average molecular weight is 270 g/mol. The number of anilines is 1. The first-order valence-corrected chi connectivity index (χ1v) is 6.86. The Balaban J connectivity index is 1.76. The first-order chi connectivity index (χ1) is 9.63. The molecule has 106 valence electrons. The van der Waals surface area contributed by atoms with Crippen LogP contribution in [0.15, 0.2) is 48.5 Å². The fourth-order valence-corrected chi connectivity index (χ4v) is 2.12. The molecule has 0 aromatic heterocycles. The molecule has 0 unspecified atom stereocenters. The smallest absolute Gasteiger partial charge is 0.121 e. The highest BCUT2D eigenvalue weighted by Gasteiger charge is 2.01. The van der Waals surface area contributed by atoms with Gasteiger partial charge in [-0.05, 0) is 31.7 Å². The van der Waals surface area contributed by atoms with E-state index in [4.69, 9.17) is 10.5 Å². The number of nitrogens with zero attached hydrogens (tertiary/aromatic N) is 1. The largest absolute Gasteiger partial charge is 0.492 e. The van der Waals surface area contributed by atoms with Crippen LogP contribution < -0.4 is 10.5 Å². The Morgan fingerprint density at radius 3 is 2.65 bits per heavy atom. The van der Waals surface area contributed by atoms with Gasteiger partial charge >= 0.3 is 0 Å². The van der Waals surface area contributed by atoms with Crippen molar-refractivity contribution in [2.24, 2.45) is 0 Å². The fraction of sp³-hybridized carbons (Fsp3) is 0.294. The lowest BCUT2D eigenvalue weighted by molar-refractivity contribution is 0.233. The zero-order valence-corrected chi connectivity index (χ0v) is 12.2. The van der Waals surface area contributed by atoms with E-state index in [1.165, 1.54) is 11.1 Å². The Morgan fingerprint density at radius 1 is 1.10 bits per heavy atom. The quantitative estimate of drug-likeness (QED) is 0.820. The van der Waals surface area contributed by atoms with Gasteiger partial charge < -0.3 is 10.5 Å². The Bertz CT molecular complexity index is 554. The number of ether oxygens (including phenoxy) is 1. The van der Waals surface area contributed by atoms with Crippen LogP contribution in [-0.4, -0.2) is 25.1 Å². The molecule has 20 heavy (non-hydrogen) atoms. The Morgan fingerprint density at radius 2 is 1.90 bits per heavy atom. The molecule has 0 atom stereocenters. The SMILES string of the molecule is Cc1cccc(CN(C)CCOc2cccc(N)c2)c1. The summed E-state index contributed by atoms with van der Waals surface area (Å²) in [6.07, 6.45) is 0. The number of likely N-dealkylation sites (N-methyl/N-ethyl adjacent to an activating group) is 1. The highest BCUT2D eigenvalue weighted by Crippen LogP contribution is 2.14. The maximum Gasteiger partial charge on any atom is 0.121 e. The van der Waals surface area contributed by atoms with Gasteiger partial charge in [0.1, 0.15) is 12.4 Å². The second-order valence-corrected chi connectivity index (χ2v) is 5.15. The van der Waals surface area contributed by atoms with E-state index in [1.807, 2.05) is 24.3 Å². The number of hydrogen-bond acceptors (Lipinski definition) is 3. The van der Waals surface area contributed by atoms with Crippen molar-refractivity contribution < 1.29 is 4.74 Å². The maximum atomic E-state index is 5.72. The lowest BCUT2D eigenvalue weighted by atomic mass is 10.1.